The largest absolute Gasteiger partial charge is 0.490 e. The number of nitrogens with one attached hydrogen (secondary N) is 1. The third kappa shape index (κ3) is 5.70. The maximum absolute atomic E-state index is 12.5. The lowest BCUT2D eigenvalue weighted by Crippen LogP contribution is -2.26. The molecule has 1 heterocycles. The van der Waals surface area contributed by atoms with Crippen molar-refractivity contribution in [2.24, 2.45) is 4.99 Å². The molecule has 1 unspecified atom stereocenters. The zero-order valence-corrected chi connectivity index (χ0v) is 19.3. The van der Waals surface area contributed by atoms with E-state index in [2.05, 4.69) is 10.3 Å². The number of rotatable bonds is 8. The zero-order chi connectivity index (χ0) is 23.3. The van der Waals surface area contributed by atoms with E-state index in [0.29, 0.717) is 34.6 Å². The molecule has 168 valence electrons. The Morgan fingerprint density at radius 2 is 1.97 bits per heavy atom. The number of thioether (sulfide) groups is 1. The minimum Gasteiger partial charge on any atom is -0.490 e. The van der Waals surface area contributed by atoms with E-state index in [1.807, 2.05) is 39.0 Å². The number of ether oxygens (including phenoxy) is 2. The fourth-order valence-corrected chi connectivity index (χ4v) is 3.86. The van der Waals surface area contributed by atoms with Crippen LogP contribution in [0.3, 0.4) is 0 Å². The molecule has 2 aromatic rings. The number of carboxylic acid groups (broad SMARTS) is 1. The van der Waals surface area contributed by atoms with Crippen molar-refractivity contribution in [3.05, 3.63) is 58.0 Å². The molecule has 2 aromatic carbocycles. The second-order valence-corrected chi connectivity index (χ2v) is 8.29. The topological polar surface area (TPSA) is 97.2 Å². The number of aryl methyl sites for hydroxylation is 2. The Morgan fingerprint density at radius 1 is 1.19 bits per heavy atom. The fourth-order valence-electron chi connectivity index (χ4n) is 3.02. The molecule has 1 amide bonds. The maximum Gasteiger partial charge on any atom is 0.344 e. The summed E-state index contributed by atoms with van der Waals surface area (Å²) in [6.07, 6.45) is 1.11. The fraction of sp³-hybridized carbons (Fsp3) is 0.292. The molecule has 0 aromatic heterocycles. The second-order valence-electron chi connectivity index (χ2n) is 7.26. The number of carbonyl (C=O) groups is 2. The Morgan fingerprint density at radius 3 is 2.66 bits per heavy atom. The van der Waals surface area contributed by atoms with E-state index in [-0.39, 0.29) is 5.91 Å². The van der Waals surface area contributed by atoms with Gasteiger partial charge >= 0.3 is 5.97 Å². The van der Waals surface area contributed by atoms with Crippen molar-refractivity contribution in [2.45, 2.75) is 40.2 Å². The third-order valence-corrected chi connectivity index (χ3v) is 5.63. The molecular formula is C24H26N2O5S. The predicted molar refractivity (Wildman–Crippen MR) is 127 cm³/mol. The molecule has 1 aliphatic rings. The van der Waals surface area contributed by atoms with Gasteiger partial charge in [0.05, 0.1) is 17.2 Å². The van der Waals surface area contributed by atoms with E-state index in [9.17, 15) is 14.7 Å². The van der Waals surface area contributed by atoms with Crippen LogP contribution in [-0.2, 0) is 9.59 Å². The number of benzene rings is 2. The Hall–Kier alpha value is -3.26. The number of aliphatic imine (C=N–C) groups is 1. The highest BCUT2D eigenvalue weighted by Crippen LogP contribution is 2.33. The van der Waals surface area contributed by atoms with Gasteiger partial charge in [0.1, 0.15) is 0 Å². The van der Waals surface area contributed by atoms with Crippen LogP contribution in [-0.4, -0.2) is 34.9 Å². The van der Waals surface area contributed by atoms with Gasteiger partial charge in [0.15, 0.2) is 22.8 Å². The molecule has 0 bridgehead atoms. The summed E-state index contributed by atoms with van der Waals surface area (Å²) in [5, 5.41) is 12.6. The summed E-state index contributed by atoms with van der Waals surface area (Å²) < 4.78 is 11.3. The molecule has 0 radical (unpaired) electrons. The lowest BCUT2D eigenvalue weighted by atomic mass is 10.1. The van der Waals surface area contributed by atoms with Gasteiger partial charge < -0.3 is 19.9 Å². The van der Waals surface area contributed by atoms with Gasteiger partial charge in [0.2, 0.25) is 0 Å². The summed E-state index contributed by atoms with van der Waals surface area (Å²) in [5.74, 6) is -0.483. The predicted octanol–water partition coefficient (Wildman–Crippen LogP) is 4.84. The van der Waals surface area contributed by atoms with Gasteiger partial charge in [-0.05, 0) is 79.9 Å². The molecule has 1 saturated heterocycles. The van der Waals surface area contributed by atoms with Crippen molar-refractivity contribution in [1.29, 1.82) is 0 Å². The number of hydrogen-bond donors (Lipinski definition) is 2. The van der Waals surface area contributed by atoms with Crippen molar-refractivity contribution in [1.82, 2.24) is 5.32 Å². The van der Waals surface area contributed by atoms with E-state index in [1.54, 1.807) is 31.2 Å². The van der Waals surface area contributed by atoms with E-state index >= 15 is 0 Å². The molecule has 1 atom stereocenters. The van der Waals surface area contributed by atoms with Gasteiger partial charge in [0, 0.05) is 0 Å². The molecule has 2 N–H and O–H groups in total. The van der Waals surface area contributed by atoms with Gasteiger partial charge in [-0.1, -0.05) is 25.1 Å². The lowest BCUT2D eigenvalue weighted by molar-refractivity contribution is -0.145. The molecular weight excluding hydrogens is 428 g/mol. The standard InChI is InChI=1S/C24H26N2O5S/c1-5-18(23(28)29)31-19-10-9-16(12-20(19)30-6-2)13-21-22(27)26-24(32-21)25-17-11-14(3)7-8-15(17)4/h7-13,18H,5-6H2,1-4H3,(H,28,29)(H,25,26,27)/b21-13+. The number of carboxylic acids is 1. The highest BCUT2D eigenvalue weighted by atomic mass is 32.2. The van der Waals surface area contributed by atoms with Gasteiger partial charge in [0.25, 0.3) is 5.91 Å². The molecule has 0 spiro atoms. The summed E-state index contributed by atoms with van der Waals surface area (Å²) in [6.45, 7) is 7.94. The number of hydrogen-bond acceptors (Lipinski definition) is 6. The summed E-state index contributed by atoms with van der Waals surface area (Å²) in [4.78, 5) is 28.9. The highest BCUT2D eigenvalue weighted by Gasteiger charge is 2.24. The van der Waals surface area contributed by atoms with E-state index < -0.39 is 12.1 Å². The van der Waals surface area contributed by atoms with Crippen LogP contribution in [0.2, 0.25) is 0 Å². The van der Waals surface area contributed by atoms with E-state index in [4.69, 9.17) is 9.47 Å². The van der Waals surface area contributed by atoms with Crippen LogP contribution in [0.4, 0.5) is 5.69 Å². The van der Waals surface area contributed by atoms with E-state index in [0.717, 1.165) is 22.4 Å². The van der Waals surface area contributed by atoms with Crippen LogP contribution in [0.15, 0.2) is 46.3 Å². The van der Waals surface area contributed by atoms with Crippen LogP contribution in [0.1, 0.15) is 37.0 Å². The Labute approximate surface area is 191 Å². The first kappa shape index (κ1) is 23.4. The van der Waals surface area contributed by atoms with Gasteiger partial charge in [-0.3, -0.25) is 4.79 Å². The van der Waals surface area contributed by atoms with Crippen LogP contribution >= 0.6 is 11.8 Å². The Kier molecular flexibility index (Phi) is 7.58. The number of amides is 1. The molecule has 0 saturated carbocycles. The molecule has 32 heavy (non-hydrogen) atoms. The Balaban J connectivity index is 1.85. The second kappa shape index (κ2) is 10.4. The normalized spacial score (nSPS) is 16.8. The first-order valence-electron chi connectivity index (χ1n) is 10.3. The average Bonchev–Trinajstić information content (AvgIpc) is 3.08. The molecule has 3 rings (SSSR count). The summed E-state index contributed by atoms with van der Waals surface area (Å²) in [7, 11) is 0. The number of amidine groups is 1. The summed E-state index contributed by atoms with van der Waals surface area (Å²) in [6, 6.07) is 11.1. The minimum atomic E-state index is -1.03. The quantitative estimate of drug-likeness (QED) is 0.554. The molecule has 1 fully saturated rings. The maximum atomic E-state index is 12.5. The third-order valence-electron chi connectivity index (χ3n) is 4.72. The first-order valence-corrected chi connectivity index (χ1v) is 11.2. The highest BCUT2D eigenvalue weighted by molar-refractivity contribution is 8.18. The first-order chi connectivity index (χ1) is 15.3. The number of carbonyl (C=O) groups excluding carboxylic acids is 1. The number of nitrogens with zero attached hydrogens (tertiary/aromatic N) is 1. The van der Waals surface area contributed by atoms with Crippen LogP contribution < -0.4 is 14.8 Å². The van der Waals surface area contributed by atoms with Crippen LogP contribution in [0.25, 0.3) is 6.08 Å². The van der Waals surface area contributed by atoms with Gasteiger partial charge in [-0.15, -0.1) is 0 Å². The van der Waals surface area contributed by atoms with Crippen molar-refractivity contribution in [3.8, 4) is 11.5 Å². The SMILES string of the molecule is CCOc1cc(/C=C2/SC(=Nc3cc(C)ccc3C)NC2=O)ccc1OC(CC)C(=O)O. The average molecular weight is 455 g/mol. The molecule has 1 aliphatic heterocycles. The summed E-state index contributed by atoms with van der Waals surface area (Å²) in [5.41, 5.74) is 3.67. The smallest absolute Gasteiger partial charge is 0.344 e. The molecule has 0 aliphatic carbocycles. The van der Waals surface area contributed by atoms with Crippen molar-refractivity contribution in [2.75, 3.05) is 6.61 Å². The zero-order valence-electron chi connectivity index (χ0n) is 18.5. The van der Waals surface area contributed by atoms with Crippen molar-refractivity contribution >= 4 is 40.6 Å². The van der Waals surface area contributed by atoms with Gasteiger partial charge in [-0.25, -0.2) is 9.79 Å². The van der Waals surface area contributed by atoms with Crippen molar-refractivity contribution < 1.29 is 24.2 Å². The van der Waals surface area contributed by atoms with Crippen LogP contribution in [0.5, 0.6) is 11.5 Å². The monoisotopic (exact) mass is 454 g/mol. The van der Waals surface area contributed by atoms with Crippen LogP contribution in [0, 0.1) is 13.8 Å². The van der Waals surface area contributed by atoms with Crippen molar-refractivity contribution in [3.63, 3.8) is 0 Å². The molecule has 7 nitrogen and oxygen atoms in total. The minimum absolute atomic E-state index is 0.228. The summed E-state index contributed by atoms with van der Waals surface area (Å²) >= 11 is 1.27. The van der Waals surface area contributed by atoms with E-state index in [1.165, 1.54) is 11.8 Å². The van der Waals surface area contributed by atoms with Gasteiger partial charge in [-0.2, -0.15) is 0 Å². The number of aliphatic carboxylic acids is 1. The Bertz CT molecular complexity index is 1090. The molecule has 8 heteroatoms. The lowest BCUT2D eigenvalue weighted by Gasteiger charge is -2.16.